The van der Waals surface area contributed by atoms with Gasteiger partial charge < -0.3 is 15.7 Å². The molecule has 0 aliphatic rings. The van der Waals surface area contributed by atoms with Crippen LogP contribution in [-0.4, -0.2) is 17.1 Å². The molecular formula is C15H9Cl2F3N2O3. The fourth-order valence-electron chi connectivity index (χ4n) is 1.91. The highest BCUT2D eigenvalue weighted by Crippen LogP contribution is 2.36. The molecule has 2 rings (SSSR count). The molecule has 0 saturated heterocycles. The van der Waals surface area contributed by atoms with E-state index in [4.69, 9.17) is 28.3 Å². The van der Waals surface area contributed by atoms with E-state index < -0.39 is 28.8 Å². The molecule has 0 radical (unpaired) electrons. The van der Waals surface area contributed by atoms with E-state index in [0.717, 1.165) is 6.07 Å². The third-order valence-electron chi connectivity index (χ3n) is 2.99. The van der Waals surface area contributed by atoms with Gasteiger partial charge in [-0.2, -0.15) is 13.2 Å². The second kappa shape index (κ2) is 7.20. The molecule has 0 fully saturated rings. The maximum absolute atomic E-state index is 12.8. The standard InChI is InChI=1S/C15H9Cl2F3N2O3/c16-7-1-3-9(13(23)24)12(5-7)22-14(25)21-8-2-4-11(17)10(6-8)15(18,19)20/h1-6H,(H,23,24)(H2,21,22,25). The number of nitrogens with one attached hydrogen (secondary N) is 2. The van der Waals surface area contributed by atoms with Crippen molar-refractivity contribution >= 4 is 46.6 Å². The number of urea groups is 1. The van der Waals surface area contributed by atoms with Gasteiger partial charge >= 0.3 is 18.2 Å². The topological polar surface area (TPSA) is 78.4 Å². The van der Waals surface area contributed by atoms with Gasteiger partial charge in [0.2, 0.25) is 0 Å². The predicted molar refractivity (Wildman–Crippen MR) is 87.5 cm³/mol. The Hall–Kier alpha value is -2.45. The minimum Gasteiger partial charge on any atom is -0.478 e. The van der Waals surface area contributed by atoms with Gasteiger partial charge in [-0.1, -0.05) is 23.2 Å². The number of carbonyl (C=O) groups excluding carboxylic acids is 1. The van der Waals surface area contributed by atoms with Gasteiger partial charge in [0, 0.05) is 10.7 Å². The van der Waals surface area contributed by atoms with Crippen molar-refractivity contribution in [2.24, 2.45) is 0 Å². The second-order valence-corrected chi connectivity index (χ2v) is 5.61. The molecule has 3 N–H and O–H groups in total. The van der Waals surface area contributed by atoms with Crippen LogP contribution in [0.4, 0.5) is 29.3 Å². The highest BCUT2D eigenvalue weighted by molar-refractivity contribution is 6.31. The highest BCUT2D eigenvalue weighted by Gasteiger charge is 2.33. The van der Waals surface area contributed by atoms with Crippen molar-refractivity contribution in [1.29, 1.82) is 0 Å². The van der Waals surface area contributed by atoms with Crippen LogP contribution in [0.15, 0.2) is 36.4 Å². The summed E-state index contributed by atoms with van der Waals surface area (Å²) in [7, 11) is 0. The van der Waals surface area contributed by atoms with Gasteiger partial charge in [-0.15, -0.1) is 0 Å². The minimum absolute atomic E-state index is 0.109. The number of hydrogen-bond donors (Lipinski definition) is 3. The van der Waals surface area contributed by atoms with E-state index in [9.17, 15) is 22.8 Å². The van der Waals surface area contributed by atoms with Crippen molar-refractivity contribution in [2.75, 3.05) is 10.6 Å². The Morgan fingerprint density at radius 3 is 2.28 bits per heavy atom. The zero-order chi connectivity index (χ0) is 18.8. The van der Waals surface area contributed by atoms with E-state index in [1.54, 1.807) is 0 Å². The van der Waals surface area contributed by atoms with Crippen molar-refractivity contribution < 1.29 is 27.9 Å². The molecule has 25 heavy (non-hydrogen) atoms. The first-order valence-corrected chi connectivity index (χ1v) is 7.31. The number of carbonyl (C=O) groups is 2. The van der Waals surface area contributed by atoms with Crippen LogP contribution >= 0.6 is 23.2 Å². The summed E-state index contributed by atoms with van der Waals surface area (Å²) in [6.45, 7) is 0. The van der Waals surface area contributed by atoms with E-state index >= 15 is 0 Å². The van der Waals surface area contributed by atoms with E-state index in [2.05, 4.69) is 10.6 Å². The van der Waals surface area contributed by atoms with Crippen LogP contribution in [0.3, 0.4) is 0 Å². The average molecular weight is 393 g/mol. The highest BCUT2D eigenvalue weighted by atomic mass is 35.5. The molecule has 0 aliphatic carbocycles. The van der Waals surface area contributed by atoms with Gasteiger partial charge in [-0.3, -0.25) is 0 Å². The Kier molecular flexibility index (Phi) is 5.44. The SMILES string of the molecule is O=C(Nc1ccc(Cl)c(C(F)(F)F)c1)Nc1cc(Cl)ccc1C(=O)O. The molecule has 2 amide bonds. The van der Waals surface area contributed by atoms with Crippen molar-refractivity contribution in [1.82, 2.24) is 0 Å². The summed E-state index contributed by atoms with van der Waals surface area (Å²) in [4.78, 5) is 23.1. The summed E-state index contributed by atoms with van der Waals surface area (Å²) in [5.41, 5.74) is -1.62. The van der Waals surface area contributed by atoms with Crippen molar-refractivity contribution in [3.05, 3.63) is 57.6 Å². The first-order valence-electron chi connectivity index (χ1n) is 6.55. The van der Waals surface area contributed by atoms with Gasteiger partial charge in [0.15, 0.2) is 0 Å². The van der Waals surface area contributed by atoms with E-state index in [1.807, 2.05) is 0 Å². The maximum Gasteiger partial charge on any atom is 0.417 e. The summed E-state index contributed by atoms with van der Waals surface area (Å²) in [6.07, 6.45) is -4.69. The zero-order valence-corrected chi connectivity index (χ0v) is 13.6. The fourth-order valence-corrected chi connectivity index (χ4v) is 2.31. The van der Waals surface area contributed by atoms with Crippen LogP contribution in [0.2, 0.25) is 10.0 Å². The fraction of sp³-hybridized carbons (Fsp3) is 0.0667. The number of halogens is 5. The van der Waals surface area contributed by atoms with Gasteiger partial charge in [-0.05, 0) is 36.4 Å². The summed E-state index contributed by atoms with van der Waals surface area (Å²) < 4.78 is 38.4. The number of hydrogen-bond acceptors (Lipinski definition) is 2. The Bertz CT molecular complexity index is 841. The molecule has 0 heterocycles. The van der Waals surface area contributed by atoms with E-state index in [-0.39, 0.29) is 22.0 Å². The van der Waals surface area contributed by atoms with Gasteiger partial charge in [0.1, 0.15) is 0 Å². The summed E-state index contributed by atoms with van der Waals surface area (Å²) in [5.74, 6) is -1.31. The Morgan fingerprint density at radius 2 is 1.68 bits per heavy atom. The molecule has 0 aliphatic heterocycles. The number of carboxylic acids is 1. The molecule has 0 unspecified atom stereocenters. The van der Waals surface area contributed by atoms with Crippen LogP contribution in [0.1, 0.15) is 15.9 Å². The zero-order valence-electron chi connectivity index (χ0n) is 12.1. The monoisotopic (exact) mass is 392 g/mol. The second-order valence-electron chi connectivity index (χ2n) is 4.77. The average Bonchev–Trinajstić information content (AvgIpc) is 2.47. The molecule has 132 valence electrons. The molecule has 0 saturated carbocycles. The van der Waals surface area contributed by atoms with Crippen molar-refractivity contribution in [2.45, 2.75) is 6.18 Å². The molecule has 10 heteroatoms. The first kappa shape index (κ1) is 18.9. The van der Waals surface area contributed by atoms with Gasteiger partial charge in [0.25, 0.3) is 0 Å². The van der Waals surface area contributed by atoms with Gasteiger partial charge in [0.05, 0.1) is 21.8 Å². The number of rotatable bonds is 3. The lowest BCUT2D eigenvalue weighted by Crippen LogP contribution is -2.21. The molecule has 0 bridgehead atoms. The van der Waals surface area contributed by atoms with Crippen LogP contribution in [0.25, 0.3) is 0 Å². The van der Waals surface area contributed by atoms with Crippen LogP contribution < -0.4 is 10.6 Å². The summed E-state index contributed by atoms with van der Waals surface area (Å²) in [6, 6.07) is 5.59. The number of carboxylic acid groups (broad SMARTS) is 1. The lowest BCUT2D eigenvalue weighted by atomic mass is 10.2. The summed E-state index contributed by atoms with van der Waals surface area (Å²) >= 11 is 11.2. The minimum atomic E-state index is -4.69. The molecule has 0 spiro atoms. The first-order chi connectivity index (χ1) is 11.6. The van der Waals surface area contributed by atoms with E-state index in [1.165, 1.54) is 24.3 Å². The number of anilines is 2. The quantitative estimate of drug-likeness (QED) is 0.658. The molecule has 0 atom stereocenters. The van der Waals surface area contributed by atoms with Crippen LogP contribution in [0, 0.1) is 0 Å². The Labute approximate surface area is 149 Å². The van der Waals surface area contributed by atoms with Gasteiger partial charge in [-0.25, -0.2) is 9.59 Å². The molecule has 5 nitrogen and oxygen atoms in total. The molecule has 2 aromatic rings. The smallest absolute Gasteiger partial charge is 0.417 e. The maximum atomic E-state index is 12.8. The molecule has 2 aromatic carbocycles. The normalized spacial score (nSPS) is 11.1. The van der Waals surface area contributed by atoms with Crippen molar-refractivity contribution in [3.8, 4) is 0 Å². The van der Waals surface area contributed by atoms with Crippen LogP contribution in [0.5, 0.6) is 0 Å². The number of benzene rings is 2. The van der Waals surface area contributed by atoms with Crippen molar-refractivity contribution in [3.63, 3.8) is 0 Å². The molecular weight excluding hydrogens is 384 g/mol. The third kappa shape index (κ3) is 4.77. The largest absolute Gasteiger partial charge is 0.478 e. The Morgan fingerprint density at radius 1 is 1.00 bits per heavy atom. The Balaban J connectivity index is 2.22. The lowest BCUT2D eigenvalue weighted by molar-refractivity contribution is -0.137. The van der Waals surface area contributed by atoms with Crippen LogP contribution in [-0.2, 0) is 6.18 Å². The summed E-state index contributed by atoms with van der Waals surface area (Å²) in [5, 5.41) is 13.1. The number of amides is 2. The number of aromatic carboxylic acids is 1. The molecule has 0 aromatic heterocycles. The number of alkyl halides is 3. The van der Waals surface area contributed by atoms with E-state index in [0.29, 0.717) is 6.07 Å². The third-order valence-corrected chi connectivity index (χ3v) is 3.55. The lowest BCUT2D eigenvalue weighted by Gasteiger charge is -2.13. The predicted octanol–water partition coefficient (Wildman–Crippen LogP) is 5.35.